The minimum absolute atomic E-state index is 0.370. The van der Waals surface area contributed by atoms with Crippen molar-refractivity contribution in [3.8, 4) is 5.75 Å². The number of nitrogens with zero attached hydrogens (tertiary/aromatic N) is 4. The fraction of sp³-hybridized carbons (Fsp3) is 0.105. The van der Waals surface area contributed by atoms with E-state index in [1.165, 1.54) is 0 Å². The van der Waals surface area contributed by atoms with Gasteiger partial charge in [0.05, 0.1) is 12.6 Å². The van der Waals surface area contributed by atoms with Crippen molar-refractivity contribution >= 4 is 34.2 Å². The van der Waals surface area contributed by atoms with Gasteiger partial charge in [0.25, 0.3) is 0 Å². The van der Waals surface area contributed by atoms with E-state index in [4.69, 9.17) is 4.74 Å². The van der Waals surface area contributed by atoms with Crippen LogP contribution >= 0.6 is 0 Å². The normalized spacial score (nSPS) is 10.9. The summed E-state index contributed by atoms with van der Waals surface area (Å²) >= 11 is 0. The third-order valence-corrected chi connectivity index (χ3v) is 4.21. The van der Waals surface area contributed by atoms with Gasteiger partial charge in [-0.2, -0.15) is 10.1 Å². The van der Waals surface area contributed by atoms with Gasteiger partial charge < -0.3 is 15.0 Å². The lowest BCUT2D eigenvalue weighted by atomic mass is 10.2. The molecule has 0 aliphatic carbocycles. The van der Waals surface area contributed by atoms with Gasteiger partial charge in [0.2, 0.25) is 5.95 Å². The summed E-state index contributed by atoms with van der Waals surface area (Å²) in [6, 6.07) is 11.2. The van der Waals surface area contributed by atoms with Crippen molar-refractivity contribution in [2.24, 2.45) is 0 Å². The SMILES string of the molecule is COc1cccc(Nc2nccc(N(C)c3n[nH]c4cc(F)c(F)cc34)n2)c1. The number of H-pyrrole nitrogens is 1. The fourth-order valence-electron chi connectivity index (χ4n) is 2.79. The average Bonchev–Trinajstić information content (AvgIpc) is 3.10. The van der Waals surface area contributed by atoms with Gasteiger partial charge in [0.1, 0.15) is 11.6 Å². The lowest BCUT2D eigenvalue weighted by Crippen LogP contribution is -2.13. The van der Waals surface area contributed by atoms with Crippen LogP contribution in [0.2, 0.25) is 0 Å². The summed E-state index contributed by atoms with van der Waals surface area (Å²) in [5, 5.41) is 10.4. The van der Waals surface area contributed by atoms with Gasteiger partial charge in [-0.1, -0.05) is 6.07 Å². The summed E-state index contributed by atoms with van der Waals surface area (Å²) in [6.45, 7) is 0. The number of hydrogen-bond acceptors (Lipinski definition) is 6. The number of benzene rings is 2. The third-order valence-electron chi connectivity index (χ3n) is 4.21. The molecule has 0 amide bonds. The predicted molar refractivity (Wildman–Crippen MR) is 102 cm³/mol. The Morgan fingerprint density at radius 2 is 1.93 bits per heavy atom. The highest BCUT2D eigenvalue weighted by atomic mass is 19.2. The second-order valence-electron chi connectivity index (χ2n) is 6.01. The molecule has 0 aliphatic heterocycles. The Kier molecular flexibility index (Phi) is 4.48. The van der Waals surface area contributed by atoms with Gasteiger partial charge in [-0.15, -0.1) is 0 Å². The van der Waals surface area contributed by atoms with Crippen LogP contribution in [0, 0.1) is 11.6 Å². The number of hydrogen-bond donors (Lipinski definition) is 2. The number of nitrogens with one attached hydrogen (secondary N) is 2. The van der Waals surface area contributed by atoms with Gasteiger partial charge in [-0.25, -0.2) is 13.8 Å². The summed E-state index contributed by atoms with van der Waals surface area (Å²) < 4.78 is 32.3. The first kappa shape index (κ1) is 17.7. The molecule has 0 unspecified atom stereocenters. The van der Waals surface area contributed by atoms with Gasteiger partial charge in [-0.3, -0.25) is 5.10 Å². The van der Waals surface area contributed by atoms with E-state index in [-0.39, 0.29) is 0 Å². The minimum atomic E-state index is -0.938. The molecule has 28 heavy (non-hydrogen) atoms. The van der Waals surface area contributed by atoms with E-state index in [0.717, 1.165) is 17.8 Å². The van der Waals surface area contributed by atoms with Crippen LogP contribution in [0.5, 0.6) is 5.75 Å². The van der Waals surface area contributed by atoms with Crippen LogP contribution in [0.4, 0.5) is 32.1 Å². The zero-order valence-electron chi connectivity index (χ0n) is 15.1. The number of aromatic nitrogens is 4. The zero-order chi connectivity index (χ0) is 19.7. The van der Waals surface area contributed by atoms with Gasteiger partial charge in [-0.05, 0) is 24.3 Å². The summed E-state index contributed by atoms with van der Waals surface area (Å²) in [5.41, 5.74) is 1.16. The first-order chi connectivity index (χ1) is 13.5. The molecule has 2 aromatic carbocycles. The van der Waals surface area contributed by atoms with Crippen LogP contribution in [-0.2, 0) is 0 Å². The molecule has 0 aliphatic rings. The number of halogens is 2. The molecule has 4 aromatic rings. The molecule has 4 rings (SSSR count). The second kappa shape index (κ2) is 7.10. The maximum absolute atomic E-state index is 13.7. The summed E-state index contributed by atoms with van der Waals surface area (Å²) in [6.07, 6.45) is 1.59. The smallest absolute Gasteiger partial charge is 0.229 e. The molecule has 9 heteroatoms. The lowest BCUT2D eigenvalue weighted by Gasteiger charge is -2.16. The van der Waals surface area contributed by atoms with Crippen molar-refractivity contribution in [2.45, 2.75) is 0 Å². The van der Waals surface area contributed by atoms with E-state index in [1.54, 1.807) is 31.3 Å². The molecule has 0 saturated carbocycles. The number of aromatic amines is 1. The number of methoxy groups -OCH3 is 1. The summed E-state index contributed by atoms with van der Waals surface area (Å²) in [5.74, 6) is 0.146. The summed E-state index contributed by atoms with van der Waals surface area (Å²) in [7, 11) is 3.32. The van der Waals surface area contributed by atoms with Crippen LogP contribution in [0.3, 0.4) is 0 Å². The van der Waals surface area contributed by atoms with Crippen LogP contribution in [0.25, 0.3) is 10.9 Å². The number of fused-ring (bicyclic) bond motifs is 1. The highest BCUT2D eigenvalue weighted by Gasteiger charge is 2.16. The Morgan fingerprint density at radius 3 is 2.75 bits per heavy atom. The molecule has 2 aromatic heterocycles. The zero-order valence-corrected chi connectivity index (χ0v) is 15.1. The standard InChI is InChI=1S/C19H16F2N6O/c1-27(18-13-9-14(20)15(21)10-16(13)25-26-18)17-6-7-22-19(24-17)23-11-4-3-5-12(8-11)28-2/h3-10H,1-2H3,(H,25,26)(H,22,23,24). The van der Waals surface area contributed by atoms with Crippen molar-refractivity contribution in [3.05, 3.63) is 60.3 Å². The van der Waals surface area contributed by atoms with Crippen LogP contribution in [0.15, 0.2) is 48.7 Å². The second-order valence-corrected chi connectivity index (χ2v) is 6.01. The van der Waals surface area contributed by atoms with Crippen molar-refractivity contribution in [3.63, 3.8) is 0 Å². The van der Waals surface area contributed by atoms with Crippen molar-refractivity contribution in [1.29, 1.82) is 0 Å². The molecule has 142 valence electrons. The lowest BCUT2D eigenvalue weighted by molar-refractivity contribution is 0.415. The first-order valence-corrected chi connectivity index (χ1v) is 8.36. The third kappa shape index (κ3) is 3.29. The molecule has 0 bridgehead atoms. The molecule has 0 saturated heterocycles. The summed E-state index contributed by atoms with van der Waals surface area (Å²) in [4.78, 5) is 10.3. The van der Waals surface area contributed by atoms with E-state index in [0.29, 0.717) is 34.2 Å². The molecule has 2 heterocycles. The molecule has 0 fully saturated rings. The van der Waals surface area contributed by atoms with Gasteiger partial charge >= 0.3 is 0 Å². The highest BCUT2D eigenvalue weighted by molar-refractivity contribution is 5.91. The minimum Gasteiger partial charge on any atom is -0.497 e. The largest absolute Gasteiger partial charge is 0.497 e. The van der Waals surface area contributed by atoms with Crippen LogP contribution in [0.1, 0.15) is 0 Å². The van der Waals surface area contributed by atoms with E-state index in [1.807, 2.05) is 24.3 Å². The topological polar surface area (TPSA) is 79.0 Å². The molecular formula is C19H16F2N6O. The molecule has 0 atom stereocenters. The van der Waals surface area contributed by atoms with Crippen molar-refractivity contribution in [1.82, 2.24) is 20.2 Å². The monoisotopic (exact) mass is 382 g/mol. The Labute approximate surface area is 159 Å². The number of rotatable bonds is 5. The van der Waals surface area contributed by atoms with Gasteiger partial charge in [0.15, 0.2) is 17.5 Å². The Bertz CT molecular complexity index is 1150. The number of ether oxygens (including phenoxy) is 1. The van der Waals surface area contributed by atoms with E-state index >= 15 is 0 Å². The predicted octanol–water partition coefficient (Wildman–Crippen LogP) is 4.15. The average molecular weight is 382 g/mol. The first-order valence-electron chi connectivity index (χ1n) is 8.36. The maximum atomic E-state index is 13.7. The van der Waals surface area contributed by atoms with E-state index in [9.17, 15) is 8.78 Å². The number of anilines is 4. The Hall–Kier alpha value is -3.75. The highest BCUT2D eigenvalue weighted by Crippen LogP contribution is 2.30. The van der Waals surface area contributed by atoms with E-state index < -0.39 is 11.6 Å². The molecule has 0 radical (unpaired) electrons. The Morgan fingerprint density at radius 1 is 1.11 bits per heavy atom. The maximum Gasteiger partial charge on any atom is 0.229 e. The quantitative estimate of drug-likeness (QED) is 0.540. The Balaban J connectivity index is 1.64. The molecule has 0 spiro atoms. The molecule has 7 nitrogen and oxygen atoms in total. The van der Waals surface area contributed by atoms with E-state index in [2.05, 4.69) is 25.5 Å². The fourth-order valence-corrected chi connectivity index (χ4v) is 2.79. The van der Waals surface area contributed by atoms with Crippen LogP contribution < -0.4 is 15.0 Å². The van der Waals surface area contributed by atoms with Crippen molar-refractivity contribution < 1.29 is 13.5 Å². The molecular weight excluding hydrogens is 366 g/mol. The van der Waals surface area contributed by atoms with Crippen molar-refractivity contribution in [2.75, 3.05) is 24.4 Å². The van der Waals surface area contributed by atoms with Crippen LogP contribution in [-0.4, -0.2) is 34.3 Å². The van der Waals surface area contributed by atoms with Gasteiger partial charge in [0, 0.05) is 36.5 Å². The molecule has 2 N–H and O–H groups in total.